The van der Waals surface area contributed by atoms with E-state index in [0.29, 0.717) is 5.56 Å². The van der Waals surface area contributed by atoms with Crippen molar-refractivity contribution in [3.05, 3.63) is 99.0 Å². The first-order valence-electron chi connectivity index (χ1n) is 9.09. The van der Waals surface area contributed by atoms with Gasteiger partial charge in [-0.25, -0.2) is 8.42 Å². The van der Waals surface area contributed by atoms with Crippen LogP contribution in [0.3, 0.4) is 0 Å². The fourth-order valence-electron chi connectivity index (χ4n) is 2.83. The summed E-state index contributed by atoms with van der Waals surface area (Å²) in [6.07, 6.45) is 0. The fourth-order valence-corrected chi connectivity index (χ4v) is 4.48. The predicted molar refractivity (Wildman–Crippen MR) is 120 cm³/mol. The van der Waals surface area contributed by atoms with Crippen LogP contribution < -0.4 is 5.32 Å². The maximum absolute atomic E-state index is 13.2. The molecule has 3 aromatic carbocycles. The van der Waals surface area contributed by atoms with Crippen molar-refractivity contribution < 1.29 is 18.1 Å². The number of nitrogens with one attached hydrogen (secondary N) is 1. The third-order valence-electron chi connectivity index (χ3n) is 4.31. The number of sulfonamides is 1. The number of benzene rings is 3. The average Bonchev–Trinajstić information content (AvgIpc) is 2.74. The third kappa shape index (κ3) is 5.97. The van der Waals surface area contributed by atoms with Crippen molar-refractivity contribution in [2.24, 2.45) is 0 Å². The van der Waals surface area contributed by atoms with Gasteiger partial charge in [0.2, 0.25) is 15.9 Å². The minimum absolute atomic E-state index is 0.0123. The first-order valence-corrected chi connectivity index (χ1v) is 11.3. The van der Waals surface area contributed by atoms with Gasteiger partial charge in [0, 0.05) is 28.8 Å². The Hall–Kier alpha value is -3.08. The van der Waals surface area contributed by atoms with Crippen molar-refractivity contribution in [1.29, 1.82) is 0 Å². The lowest BCUT2D eigenvalue weighted by Crippen LogP contribution is -2.37. The summed E-state index contributed by atoms with van der Waals surface area (Å²) >= 11 is 3.28. The molecule has 0 unspecified atom stereocenters. The Labute approximate surface area is 187 Å². The molecule has 0 heterocycles. The van der Waals surface area contributed by atoms with E-state index in [2.05, 4.69) is 21.2 Å². The third-order valence-corrected chi connectivity index (χ3v) is 6.65. The normalized spacial score (nSPS) is 11.3. The molecule has 160 valence electrons. The summed E-state index contributed by atoms with van der Waals surface area (Å²) in [5, 5.41) is 13.5. The van der Waals surface area contributed by atoms with Gasteiger partial charge in [0.25, 0.3) is 5.69 Å². The number of halogens is 1. The lowest BCUT2D eigenvalue weighted by molar-refractivity contribution is -0.384. The van der Waals surface area contributed by atoms with E-state index in [1.165, 1.54) is 36.4 Å². The Morgan fingerprint density at radius 3 is 2.32 bits per heavy atom. The van der Waals surface area contributed by atoms with Gasteiger partial charge in [0.1, 0.15) is 0 Å². The molecule has 0 fully saturated rings. The zero-order chi connectivity index (χ0) is 22.4. The van der Waals surface area contributed by atoms with Crippen LogP contribution in [-0.4, -0.2) is 30.1 Å². The van der Waals surface area contributed by atoms with Crippen molar-refractivity contribution in [2.75, 3.05) is 11.9 Å². The predicted octanol–water partition coefficient (Wildman–Crippen LogP) is 4.19. The van der Waals surface area contributed by atoms with E-state index in [4.69, 9.17) is 0 Å². The van der Waals surface area contributed by atoms with Crippen molar-refractivity contribution in [1.82, 2.24) is 4.31 Å². The van der Waals surface area contributed by atoms with Crippen LogP contribution in [0.2, 0.25) is 0 Å². The molecule has 0 bridgehead atoms. The van der Waals surface area contributed by atoms with Gasteiger partial charge in [-0.15, -0.1) is 0 Å². The highest BCUT2D eigenvalue weighted by atomic mass is 79.9. The molecule has 0 spiro atoms. The summed E-state index contributed by atoms with van der Waals surface area (Å²) in [7, 11) is -3.98. The van der Waals surface area contributed by atoms with Crippen LogP contribution >= 0.6 is 15.9 Å². The van der Waals surface area contributed by atoms with Gasteiger partial charge in [-0.2, -0.15) is 4.31 Å². The molecular formula is C21H18BrN3O5S. The quantitative estimate of drug-likeness (QED) is 0.366. The number of nitrogens with zero attached hydrogens (tertiary/aromatic N) is 2. The molecule has 3 aromatic rings. The van der Waals surface area contributed by atoms with E-state index in [1.54, 1.807) is 36.4 Å². The standard InChI is InChI=1S/C21H18BrN3O5S/c22-17-9-11-20(12-10-17)31(29,30)24(14-16-5-2-1-3-6-16)15-21(26)23-18-7-4-8-19(13-18)25(27)28/h1-13H,14-15H2,(H,23,26). The van der Waals surface area contributed by atoms with Gasteiger partial charge >= 0.3 is 0 Å². The van der Waals surface area contributed by atoms with Crippen molar-refractivity contribution in [3.63, 3.8) is 0 Å². The number of nitro benzene ring substituents is 1. The molecule has 0 aliphatic carbocycles. The second kappa shape index (κ2) is 9.82. The zero-order valence-electron chi connectivity index (χ0n) is 16.1. The first kappa shape index (κ1) is 22.6. The summed E-state index contributed by atoms with van der Waals surface area (Å²) < 4.78 is 28.2. The smallest absolute Gasteiger partial charge is 0.271 e. The number of hydrogen-bond acceptors (Lipinski definition) is 5. The van der Waals surface area contributed by atoms with Crippen LogP contribution in [0.25, 0.3) is 0 Å². The number of carbonyl (C=O) groups is 1. The highest BCUT2D eigenvalue weighted by molar-refractivity contribution is 9.10. The van der Waals surface area contributed by atoms with Crippen LogP contribution in [0.5, 0.6) is 0 Å². The van der Waals surface area contributed by atoms with Gasteiger partial charge in [-0.1, -0.05) is 52.3 Å². The second-order valence-corrected chi connectivity index (χ2v) is 9.42. The number of nitro groups is 1. The van der Waals surface area contributed by atoms with Crippen LogP contribution in [0.15, 0.2) is 88.2 Å². The van der Waals surface area contributed by atoms with E-state index in [1.807, 2.05) is 6.07 Å². The summed E-state index contributed by atoms with van der Waals surface area (Å²) in [6, 6.07) is 20.5. The van der Waals surface area contributed by atoms with Crippen LogP contribution in [0.1, 0.15) is 5.56 Å². The summed E-state index contributed by atoms with van der Waals surface area (Å²) in [5.74, 6) is -0.614. The number of anilines is 1. The lowest BCUT2D eigenvalue weighted by atomic mass is 10.2. The van der Waals surface area contributed by atoms with Crippen molar-refractivity contribution in [2.45, 2.75) is 11.4 Å². The van der Waals surface area contributed by atoms with Crippen molar-refractivity contribution in [3.8, 4) is 0 Å². The Bertz CT molecular complexity index is 1190. The van der Waals surface area contributed by atoms with E-state index in [9.17, 15) is 23.3 Å². The largest absolute Gasteiger partial charge is 0.325 e. The molecular weight excluding hydrogens is 486 g/mol. The molecule has 1 amide bonds. The van der Waals surface area contributed by atoms with Gasteiger partial charge in [-0.05, 0) is 35.9 Å². The molecule has 0 atom stereocenters. The summed E-state index contributed by atoms with van der Waals surface area (Å²) in [4.78, 5) is 23.0. The van der Waals surface area contributed by atoms with Gasteiger partial charge in [0.05, 0.1) is 16.4 Å². The monoisotopic (exact) mass is 503 g/mol. The average molecular weight is 504 g/mol. The van der Waals surface area contributed by atoms with Gasteiger partial charge in [-0.3, -0.25) is 14.9 Å². The Morgan fingerprint density at radius 1 is 1.00 bits per heavy atom. The lowest BCUT2D eigenvalue weighted by Gasteiger charge is -2.22. The number of amides is 1. The van der Waals surface area contributed by atoms with Crippen LogP contribution in [0, 0.1) is 10.1 Å². The molecule has 8 nitrogen and oxygen atoms in total. The zero-order valence-corrected chi connectivity index (χ0v) is 18.5. The molecule has 0 aliphatic heterocycles. The SMILES string of the molecule is O=C(CN(Cc1ccccc1)S(=O)(=O)c1ccc(Br)cc1)Nc1cccc([N+](=O)[O-])c1. The molecule has 10 heteroatoms. The minimum atomic E-state index is -3.98. The van der Waals surface area contributed by atoms with E-state index < -0.39 is 27.4 Å². The number of carbonyl (C=O) groups excluding carboxylic acids is 1. The molecule has 0 saturated carbocycles. The highest BCUT2D eigenvalue weighted by Crippen LogP contribution is 2.22. The van der Waals surface area contributed by atoms with E-state index in [-0.39, 0.29) is 22.8 Å². The van der Waals surface area contributed by atoms with Gasteiger partial charge in [0.15, 0.2) is 0 Å². The molecule has 31 heavy (non-hydrogen) atoms. The Kier molecular flexibility index (Phi) is 7.16. The van der Waals surface area contributed by atoms with E-state index >= 15 is 0 Å². The molecule has 3 rings (SSSR count). The van der Waals surface area contributed by atoms with Crippen LogP contribution in [0.4, 0.5) is 11.4 Å². The van der Waals surface area contributed by atoms with Crippen LogP contribution in [-0.2, 0) is 21.4 Å². The topological polar surface area (TPSA) is 110 Å². The minimum Gasteiger partial charge on any atom is -0.325 e. The van der Waals surface area contributed by atoms with Gasteiger partial charge < -0.3 is 5.32 Å². The number of non-ortho nitro benzene ring substituents is 1. The molecule has 0 saturated heterocycles. The molecule has 0 radical (unpaired) electrons. The Morgan fingerprint density at radius 2 is 1.68 bits per heavy atom. The van der Waals surface area contributed by atoms with E-state index in [0.717, 1.165) is 8.78 Å². The maximum atomic E-state index is 13.2. The Balaban J connectivity index is 1.85. The fraction of sp³-hybridized carbons (Fsp3) is 0.0952. The second-order valence-electron chi connectivity index (χ2n) is 6.57. The molecule has 1 N–H and O–H groups in total. The molecule has 0 aromatic heterocycles. The number of hydrogen-bond donors (Lipinski definition) is 1. The van der Waals surface area contributed by atoms with Crippen molar-refractivity contribution >= 4 is 43.2 Å². The number of rotatable bonds is 8. The highest BCUT2D eigenvalue weighted by Gasteiger charge is 2.27. The maximum Gasteiger partial charge on any atom is 0.271 e. The summed E-state index contributed by atoms with van der Waals surface area (Å²) in [6.45, 7) is -0.475. The first-order chi connectivity index (χ1) is 14.8. The summed E-state index contributed by atoms with van der Waals surface area (Å²) in [5.41, 5.74) is 0.743. The molecule has 0 aliphatic rings.